The molecule has 0 aromatic carbocycles. The van der Waals surface area contributed by atoms with Gasteiger partial charge in [0.25, 0.3) is 0 Å². The van der Waals surface area contributed by atoms with Crippen LogP contribution in [0.1, 0.15) is 12.8 Å². The van der Waals surface area contributed by atoms with Crippen molar-refractivity contribution in [2.75, 3.05) is 7.11 Å². The van der Waals surface area contributed by atoms with Crippen molar-refractivity contribution in [3.63, 3.8) is 0 Å². The van der Waals surface area contributed by atoms with Crippen molar-refractivity contribution >= 4 is 24.6 Å². The van der Waals surface area contributed by atoms with E-state index in [1.165, 1.54) is 7.11 Å². The molecule has 0 spiro atoms. The van der Waals surface area contributed by atoms with Gasteiger partial charge in [-0.05, 0) is 24.7 Å². The van der Waals surface area contributed by atoms with Gasteiger partial charge in [-0.25, -0.2) is 0 Å². The highest BCUT2D eigenvalue weighted by molar-refractivity contribution is 7.81. The summed E-state index contributed by atoms with van der Waals surface area (Å²) in [6, 6.07) is 0. The average Bonchev–Trinajstić information content (AvgIpc) is 2.71. The summed E-state index contributed by atoms with van der Waals surface area (Å²) in [5.41, 5.74) is 0. The molecule has 84 valence electrons. The molecular weight excluding hydrogens is 216 g/mol. The molecule has 2 aliphatic carbocycles. The fraction of sp³-hybridized carbons (Fsp3) is 0.800. The van der Waals surface area contributed by atoms with Crippen LogP contribution in [-0.4, -0.2) is 29.4 Å². The summed E-state index contributed by atoms with van der Waals surface area (Å²) in [6.45, 7) is 0. The van der Waals surface area contributed by atoms with Crippen LogP contribution >= 0.6 is 12.6 Å². The van der Waals surface area contributed by atoms with Gasteiger partial charge in [-0.15, -0.1) is 0 Å². The maximum Gasteiger partial charge on any atom is 0.309 e. The van der Waals surface area contributed by atoms with E-state index in [2.05, 4.69) is 17.4 Å². The number of carbonyl (C=O) groups is 2. The van der Waals surface area contributed by atoms with Gasteiger partial charge >= 0.3 is 11.9 Å². The maximum absolute atomic E-state index is 11.5. The Kier molecular flexibility index (Phi) is 2.66. The summed E-state index contributed by atoms with van der Waals surface area (Å²) in [5.74, 6) is -2.16. The zero-order valence-corrected chi connectivity index (χ0v) is 9.31. The lowest BCUT2D eigenvalue weighted by Crippen LogP contribution is -2.39. The van der Waals surface area contributed by atoms with Crippen molar-refractivity contribution in [3.8, 4) is 0 Å². The maximum atomic E-state index is 11.5. The van der Waals surface area contributed by atoms with Gasteiger partial charge in [0.1, 0.15) is 0 Å². The highest BCUT2D eigenvalue weighted by Gasteiger charge is 2.57. The molecule has 5 heteroatoms. The van der Waals surface area contributed by atoms with Crippen LogP contribution in [0.25, 0.3) is 0 Å². The Morgan fingerprint density at radius 3 is 2.53 bits per heavy atom. The third kappa shape index (κ3) is 1.53. The lowest BCUT2D eigenvalue weighted by molar-refractivity contribution is -0.158. The van der Waals surface area contributed by atoms with E-state index >= 15 is 0 Å². The first-order chi connectivity index (χ1) is 7.06. The second-order valence-corrected chi connectivity index (χ2v) is 5.04. The molecule has 2 saturated carbocycles. The summed E-state index contributed by atoms with van der Waals surface area (Å²) in [4.78, 5) is 22.6. The van der Waals surface area contributed by atoms with Crippen molar-refractivity contribution in [1.29, 1.82) is 0 Å². The van der Waals surface area contributed by atoms with E-state index in [4.69, 9.17) is 5.11 Å². The molecule has 2 fully saturated rings. The third-order valence-corrected chi connectivity index (χ3v) is 4.32. The van der Waals surface area contributed by atoms with E-state index in [9.17, 15) is 9.59 Å². The summed E-state index contributed by atoms with van der Waals surface area (Å²) >= 11 is 4.37. The number of aliphatic carboxylic acids is 1. The number of hydrogen-bond acceptors (Lipinski definition) is 4. The normalized spacial score (nSPS) is 42.9. The molecule has 2 aliphatic rings. The van der Waals surface area contributed by atoms with Gasteiger partial charge in [-0.3, -0.25) is 9.59 Å². The Bertz CT molecular complexity index is 304. The average molecular weight is 230 g/mol. The number of methoxy groups -OCH3 is 1. The van der Waals surface area contributed by atoms with Crippen LogP contribution in [0.5, 0.6) is 0 Å². The number of rotatable bonds is 2. The first-order valence-corrected chi connectivity index (χ1v) is 5.56. The predicted molar refractivity (Wildman–Crippen MR) is 55.6 cm³/mol. The van der Waals surface area contributed by atoms with Gasteiger partial charge in [0.15, 0.2) is 0 Å². The lowest BCUT2D eigenvalue weighted by atomic mass is 9.79. The Morgan fingerprint density at radius 1 is 1.33 bits per heavy atom. The summed E-state index contributed by atoms with van der Waals surface area (Å²) in [7, 11) is 1.31. The SMILES string of the molecule is COC(=O)C1C2CC(S)C(C2)C1C(=O)O. The fourth-order valence-corrected chi connectivity index (χ4v) is 3.72. The topological polar surface area (TPSA) is 63.6 Å². The van der Waals surface area contributed by atoms with Crippen molar-refractivity contribution in [2.45, 2.75) is 18.1 Å². The molecule has 0 amide bonds. The summed E-state index contributed by atoms with van der Waals surface area (Å²) in [6.07, 6.45) is 1.63. The number of carbonyl (C=O) groups excluding carboxylic acids is 1. The monoisotopic (exact) mass is 230 g/mol. The van der Waals surface area contributed by atoms with Gasteiger partial charge in [0.2, 0.25) is 0 Å². The van der Waals surface area contributed by atoms with Gasteiger partial charge in [0, 0.05) is 5.25 Å². The van der Waals surface area contributed by atoms with Crippen molar-refractivity contribution in [2.24, 2.45) is 23.7 Å². The molecule has 5 atom stereocenters. The van der Waals surface area contributed by atoms with Gasteiger partial charge in [-0.1, -0.05) is 0 Å². The third-order valence-electron chi connectivity index (χ3n) is 3.73. The summed E-state index contributed by atoms with van der Waals surface area (Å²) in [5, 5.41) is 9.25. The van der Waals surface area contributed by atoms with Crippen LogP contribution in [0.15, 0.2) is 0 Å². The van der Waals surface area contributed by atoms with Gasteiger partial charge in [0.05, 0.1) is 18.9 Å². The fourth-order valence-electron chi connectivity index (χ4n) is 3.14. The number of carboxylic acids is 1. The van der Waals surface area contributed by atoms with E-state index in [1.807, 2.05) is 0 Å². The first-order valence-electron chi connectivity index (χ1n) is 5.05. The van der Waals surface area contributed by atoms with Crippen LogP contribution in [0.4, 0.5) is 0 Å². The molecule has 0 aromatic heterocycles. The van der Waals surface area contributed by atoms with E-state index < -0.39 is 17.8 Å². The minimum absolute atomic E-state index is 0.0277. The predicted octanol–water partition coefficient (Wildman–Crippen LogP) is 0.815. The van der Waals surface area contributed by atoms with Crippen LogP contribution in [0.3, 0.4) is 0 Å². The molecule has 1 N–H and O–H groups in total. The molecule has 0 aliphatic heterocycles. The van der Waals surface area contributed by atoms with Crippen LogP contribution < -0.4 is 0 Å². The zero-order valence-electron chi connectivity index (χ0n) is 8.42. The van der Waals surface area contributed by atoms with Gasteiger partial charge in [-0.2, -0.15) is 12.6 Å². The van der Waals surface area contributed by atoms with Crippen LogP contribution in [-0.2, 0) is 14.3 Å². The molecule has 2 rings (SSSR count). The minimum Gasteiger partial charge on any atom is -0.481 e. The second-order valence-electron chi connectivity index (χ2n) is 4.38. The standard InChI is InChI=1S/C10H14O4S/c1-14-10(13)7-4-2-5(6(15)3-4)8(7)9(11)12/h4-8,15H,2-3H2,1H3,(H,11,12). The minimum atomic E-state index is -0.892. The van der Waals surface area contributed by atoms with Gasteiger partial charge < -0.3 is 9.84 Å². The zero-order chi connectivity index (χ0) is 11.2. The van der Waals surface area contributed by atoms with Crippen LogP contribution in [0.2, 0.25) is 0 Å². The molecule has 15 heavy (non-hydrogen) atoms. The smallest absolute Gasteiger partial charge is 0.309 e. The van der Waals surface area contributed by atoms with Crippen molar-refractivity contribution in [3.05, 3.63) is 0 Å². The Hall–Kier alpha value is -0.710. The summed E-state index contributed by atoms with van der Waals surface area (Å²) < 4.78 is 4.68. The lowest BCUT2D eigenvalue weighted by Gasteiger charge is -2.29. The molecule has 0 heterocycles. The molecule has 0 radical (unpaired) electrons. The Labute approximate surface area is 93.4 Å². The number of ether oxygens (including phenoxy) is 1. The molecular formula is C10H14O4S. The Balaban J connectivity index is 2.24. The quantitative estimate of drug-likeness (QED) is 0.544. The largest absolute Gasteiger partial charge is 0.481 e. The number of fused-ring (bicyclic) bond motifs is 2. The van der Waals surface area contributed by atoms with E-state index in [-0.39, 0.29) is 23.1 Å². The van der Waals surface area contributed by atoms with Crippen LogP contribution in [0, 0.1) is 23.7 Å². The molecule has 4 nitrogen and oxygen atoms in total. The van der Waals surface area contributed by atoms with E-state index in [0.29, 0.717) is 0 Å². The highest BCUT2D eigenvalue weighted by Crippen LogP contribution is 2.54. The second kappa shape index (κ2) is 3.70. The van der Waals surface area contributed by atoms with E-state index in [0.717, 1.165) is 12.8 Å². The first kappa shape index (κ1) is 10.8. The van der Waals surface area contributed by atoms with Crippen molar-refractivity contribution in [1.82, 2.24) is 0 Å². The molecule has 2 bridgehead atoms. The van der Waals surface area contributed by atoms with E-state index in [1.54, 1.807) is 0 Å². The number of esters is 1. The Morgan fingerprint density at radius 2 is 2.00 bits per heavy atom. The molecule has 5 unspecified atom stereocenters. The number of carboxylic acid groups (broad SMARTS) is 1. The molecule has 0 aromatic rings. The molecule has 0 saturated heterocycles. The number of hydrogen-bond donors (Lipinski definition) is 2. The number of thiol groups is 1. The van der Waals surface area contributed by atoms with Crippen molar-refractivity contribution < 1.29 is 19.4 Å². The highest BCUT2D eigenvalue weighted by atomic mass is 32.1.